The molecule has 6 heteroatoms. The zero-order chi connectivity index (χ0) is 12.2. The van der Waals surface area contributed by atoms with Crippen molar-refractivity contribution < 1.29 is 17.5 Å². The lowest BCUT2D eigenvalue weighted by molar-refractivity contribution is -0.111. The van der Waals surface area contributed by atoms with Crippen LogP contribution in [0.2, 0.25) is 0 Å². The number of nitrogens with zero attached hydrogens (tertiary/aromatic N) is 1. The van der Waals surface area contributed by atoms with E-state index in [9.17, 15) is 13.2 Å². The number of rotatable bonds is 5. The van der Waals surface area contributed by atoms with Gasteiger partial charge in [0, 0.05) is 6.92 Å². The van der Waals surface area contributed by atoms with E-state index in [0.717, 1.165) is 24.8 Å². The average molecular weight is 245 g/mol. The summed E-state index contributed by atoms with van der Waals surface area (Å²) < 4.78 is 26.6. The van der Waals surface area contributed by atoms with E-state index in [1.54, 1.807) is 0 Å². The lowest BCUT2D eigenvalue weighted by Gasteiger charge is -2.03. The van der Waals surface area contributed by atoms with E-state index >= 15 is 0 Å². The Hall–Kier alpha value is -1.17. The Morgan fingerprint density at radius 1 is 1.56 bits per heavy atom. The molecule has 1 rings (SSSR count). The first-order valence-corrected chi connectivity index (χ1v) is 6.73. The first kappa shape index (κ1) is 12.9. The maximum absolute atomic E-state index is 11.3. The molecular formula is C10H15NO4S. The maximum Gasteiger partial charge on any atom is 0.328 e. The molecule has 0 amide bonds. The van der Waals surface area contributed by atoms with E-state index in [1.165, 1.54) is 13.8 Å². The first-order valence-electron chi connectivity index (χ1n) is 5.16. The van der Waals surface area contributed by atoms with Crippen LogP contribution in [0.15, 0.2) is 16.8 Å². The minimum atomic E-state index is -3.64. The summed E-state index contributed by atoms with van der Waals surface area (Å²) in [5.41, 5.74) is 0.897. The summed E-state index contributed by atoms with van der Waals surface area (Å²) in [7, 11) is -3.64. The number of carbonyl (C=O) groups is 1. The molecule has 0 fully saturated rings. The third-order valence-electron chi connectivity index (χ3n) is 2.27. The molecule has 0 saturated heterocycles. The van der Waals surface area contributed by atoms with Crippen molar-refractivity contribution in [1.82, 2.24) is 0 Å². The van der Waals surface area contributed by atoms with Gasteiger partial charge in [-0.05, 0) is 31.8 Å². The third-order valence-corrected chi connectivity index (χ3v) is 3.28. The summed E-state index contributed by atoms with van der Waals surface area (Å²) >= 11 is 0. The Morgan fingerprint density at radius 2 is 2.25 bits per heavy atom. The molecule has 0 atom stereocenters. The van der Waals surface area contributed by atoms with E-state index in [2.05, 4.69) is 9.44 Å². The molecular weight excluding hydrogens is 230 g/mol. The Bertz CT molecular complexity index is 434. The van der Waals surface area contributed by atoms with E-state index in [-0.39, 0.29) is 17.2 Å². The Kier molecular flexibility index (Phi) is 4.23. The number of Topliss-reactive ketones (excluding diaryl/α,β-unsaturated/α-hetero) is 1. The number of oxime groups is 1. The predicted octanol–water partition coefficient (Wildman–Crippen LogP) is 1.41. The fourth-order valence-electron chi connectivity index (χ4n) is 1.38. The largest absolute Gasteiger partial charge is 0.328 e. The van der Waals surface area contributed by atoms with E-state index in [0.29, 0.717) is 0 Å². The lowest BCUT2D eigenvalue weighted by atomic mass is 10.1. The minimum Gasteiger partial charge on any atom is -0.293 e. The molecule has 0 aromatic carbocycles. The molecule has 0 aromatic heterocycles. The van der Waals surface area contributed by atoms with Gasteiger partial charge in [-0.3, -0.25) is 9.08 Å². The van der Waals surface area contributed by atoms with Crippen molar-refractivity contribution in [2.24, 2.45) is 5.16 Å². The first-order chi connectivity index (χ1) is 7.46. The van der Waals surface area contributed by atoms with Crippen molar-refractivity contribution in [1.29, 1.82) is 0 Å². The molecule has 0 saturated carbocycles. The molecule has 0 N–H and O–H groups in total. The van der Waals surface area contributed by atoms with Crippen LogP contribution in [0, 0.1) is 0 Å². The van der Waals surface area contributed by atoms with Gasteiger partial charge in [-0.25, -0.2) is 0 Å². The van der Waals surface area contributed by atoms with Gasteiger partial charge in [-0.15, -0.1) is 0 Å². The zero-order valence-electron chi connectivity index (χ0n) is 9.39. The van der Waals surface area contributed by atoms with Crippen LogP contribution >= 0.6 is 0 Å². The zero-order valence-corrected chi connectivity index (χ0v) is 10.2. The van der Waals surface area contributed by atoms with Crippen molar-refractivity contribution in [3.8, 4) is 0 Å². The molecule has 0 bridgehead atoms. The smallest absolute Gasteiger partial charge is 0.293 e. The van der Waals surface area contributed by atoms with Crippen molar-refractivity contribution in [3.05, 3.63) is 11.6 Å². The number of allylic oxidation sites excluding steroid dienone is 2. The van der Waals surface area contributed by atoms with Crippen LogP contribution in [-0.4, -0.2) is 25.7 Å². The molecule has 0 spiro atoms. The van der Waals surface area contributed by atoms with Crippen LogP contribution in [0.25, 0.3) is 0 Å². The second-order valence-electron chi connectivity index (χ2n) is 3.54. The summed E-state index contributed by atoms with van der Waals surface area (Å²) in [4.78, 5) is 11.3. The van der Waals surface area contributed by atoms with Crippen molar-refractivity contribution >= 4 is 21.6 Å². The number of hydrogen-bond acceptors (Lipinski definition) is 5. The van der Waals surface area contributed by atoms with Gasteiger partial charge in [-0.1, -0.05) is 11.2 Å². The monoisotopic (exact) mass is 245 g/mol. The highest BCUT2D eigenvalue weighted by atomic mass is 32.2. The lowest BCUT2D eigenvalue weighted by Crippen LogP contribution is -2.15. The van der Waals surface area contributed by atoms with Crippen molar-refractivity contribution in [2.75, 3.05) is 5.75 Å². The van der Waals surface area contributed by atoms with Crippen LogP contribution in [0.1, 0.15) is 33.1 Å². The third kappa shape index (κ3) is 3.44. The summed E-state index contributed by atoms with van der Waals surface area (Å²) in [6.07, 6.45) is 4.49. The SMILES string of the molecule is CCS(=O)(=O)ON=C(C(C)=O)C1=CCCC1. The topological polar surface area (TPSA) is 72.8 Å². The molecule has 90 valence electrons. The molecule has 16 heavy (non-hydrogen) atoms. The van der Waals surface area contributed by atoms with Crippen molar-refractivity contribution in [2.45, 2.75) is 33.1 Å². The summed E-state index contributed by atoms with van der Waals surface area (Å²) in [6, 6.07) is 0. The van der Waals surface area contributed by atoms with Crippen LogP contribution in [0.5, 0.6) is 0 Å². The van der Waals surface area contributed by atoms with Gasteiger partial charge in [0.2, 0.25) is 0 Å². The number of carbonyl (C=O) groups excluding carboxylic acids is 1. The van der Waals surface area contributed by atoms with Gasteiger partial charge in [0.05, 0.1) is 5.75 Å². The highest BCUT2D eigenvalue weighted by Gasteiger charge is 2.18. The Balaban J connectivity index is 2.86. The molecule has 1 aliphatic carbocycles. The van der Waals surface area contributed by atoms with Gasteiger partial charge in [0.15, 0.2) is 5.78 Å². The minimum absolute atomic E-state index is 0.120. The Labute approximate surface area is 95.3 Å². The van der Waals surface area contributed by atoms with Crippen LogP contribution in [0.4, 0.5) is 0 Å². The normalized spacial score (nSPS) is 17.1. The molecule has 0 aliphatic heterocycles. The van der Waals surface area contributed by atoms with Crippen LogP contribution in [-0.2, 0) is 19.2 Å². The summed E-state index contributed by atoms with van der Waals surface area (Å²) in [6.45, 7) is 2.80. The molecule has 5 nitrogen and oxygen atoms in total. The fraction of sp³-hybridized carbons (Fsp3) is 0.600. The number of hydrogen-bond donors (Lipinski definition) is 0. The van der Waals surface area contributed by atoms with Gasteiger partial charge >= 0.3 is 10.1 Å². The molecule has 0 radical (unpaired) electrons. The van der Waals surface area contributed by atoms with Crippen LogP contribution < -0.4 is 0 Å². The average Bonchev–Trinajstić information content (AvgIpc) is 2.71. The fourth-order valence-corrected chi connectivity index (χ4v) is 1.68. The molecule has 1 aliphatic rings. The summed E-state index contributed by atoms with van der Waals surface area (Å²) in [5.74, 6) is -0.444. The molecule has 0 heterocycles. The van der Waals surface area contributed by atoms with Gasteiger partial charge in [0.25, 0.3) is 0 Å². The van der Waals surface area contributed by atoms with Gasteiger partial charge < -0.3 is 0 Å². The van der Waals surface area contributed by atoms with Gasteiger partial charge in [-0.2, -0.15) is 8.42 Å². The standard InChI is InChI=1S/C10H15NO4S/c1-3-16(13,14)15-11-10(8(2)12)9-6-4-5-7-9/h6H,3-5,7H2,1-2H3. The predicted molar refractivity (Wildman–Crippen MR) is 60.6 cm³/mol. The second-order valence-corrected chi connectivity index (χ2v) is 5.38. The van der Waals surface area contributed by atoms with E-state index < -0.39 is 10.1 Å². The molecule has 0 unspecified atom stereocenters. The van der Waals surface area contributed by atoms with E-state index in [1.807, 2.05) is 6.08 Å². The Morgan fingerprint density at radius 3 is 2.69 bits per heavy atom. The van der Waals surface area contributed by atoms with E-state index in [4.69, 9.17) is 0 Å². The highest BCUT2D eigenvalue weighted by molar-refractivity contribution is 7.86. The van der Waals surface area contributed by atoms with Gasteiger partial charge in [0.1, 0.15) is 5.71 Å². The van der Waals surface area contributed by atoms with Crippen molar-refractivity contribution in [3.63, 3.8) is 0 Å². The second kappa shape index (κ2) is 5.25. The quantitative estimate of drug-likeness (QED) is 0.542. The highest BCUT2D eigenvalue weighted by Crippen LogP contribution is 2.19. The maximum atomic E-state index is 11.3. The van der Waals surface area contributed by atoms with Crippen LogP contribution in [0.3, 0.4) is 0 Å². The number of ketones is 1. The summed E-state index contributed by atoms with van der Waals surface area (Å²) in [5, 5.41) is 3.46. The molecule has 0 aromatic rings.